The van der Waals surface area contributed by atoms with Gasteiger partial charge in [-0.25, -0.2) is 18.2 Å². The fraction of sp³-hybridized carbons (Fsp3) is 0.483. The molecule has 244 valence electrons. The minimum atomic E-state index is -3.86. The van der Waals surface area contributed by atoms with E-state index in [2.05, 4.69) is 36.9 Å². The zero-order chi connectivity index (χ0) is 32.9. The molecule has 1 aromatic carbocycles. The Balaban J connectivity index is 1.18. The number of benzene rings is 1. The molecule has 0 bridgehead atoms. The van der Waals surface area contributed by atoms with Crippen LogP contribution in [0, 0.1) is 5.92 Å². The summed E-state index contributed by atoms with van der Waals surface area (Å²) >= 11 is 0. The summed E-state index contributed by atoms with van der Waals surface area (Å²) in [5.74, 6) is -1.87. The molecule has 3 fully saturated rings. The molecule has 3 aromatic rings. The van der Waals surface area contributed by atoms with E-state index in [1.165, 1.54) is 28.1 Å². The van der Waals surface area contributed by atoms with Crippen molar-refractivity contribution >= 4 is 39.0 Å². The zero-order valence-electron chi connectivity index (χ0n) is 25.5. The molecule has 0 spiro atoms. The smallest absolute Gasteiger partial charge is 0.411 e. The first-order valence-corrected chi connectivity index (χ1v) is 16.3. The Hall–Kier alpha value is -4.80. The minimum Gasteiger partial charge on any atom is -0.472 e. The molecule has 6 rings (SSSR count). The quantitative estimate of drug-likeness (QED) is 0.299. The number of carbonyl (C=O) groups excluding carboxylic acids is 3. The number of aromatic nitrogens is 5. The lowest BCUT2D eigenvalue weighted by molar-refractivity contribution is -0.131. The lowest BCUT2D eigenvalue weighted by Crippen LogP contribution is -2.56. The van der Waals surface area contributed by atoms with Crippen molar-refractivity contribution in [2.45, 2.75) is 75.0 Å². The number of sulfonamides is 1. The number of nitrogens with zero attached hydrogens (tertiary/aromatic N) is 6. The number of nitrogens with one attached hydrogen (secondary N) is 2. The summed E-state index contributed by atoms with van der Waals surface area (Å²) in [5, 5.41) is 10.1. The van der Waals surface area contributed by atoms with Gasteiger partial charge < -0.3 is 19.6 Å². The van der Waals surface area contributed by atoms with E-state index in [1.54, 1.807) is 39.0 Å². The van der Waals surface area contributed by atoms with Gasteiger partial charge in [-0.3, -0.25) is 19.2 Å². The van der Waals surface area contributed by atoms with Gasteiger partial charge in [-0.2, -0.15) is 4.98 Å². The van der Waals surface area contributed by atoms with Gasteiger partial charge in [0.2, 0.25) is 21.8 Å². The standard InChI is InChI=1S/C29H34N8O8S/c1-5-17-15-29(17,25(39)34-46(41,42)19-10-11-19)32-24(38)22-14-18(16-36(22)27(40)44-28(2,3)4)43-23-12-13-30-26(31-23)45-37-21-9-7-6-8-20(21)33-35-37/h5-9,12-13,17-19,22H,1,10-11,14-16H2,2-4H3,(H,32,38)(H,34,39)/t17?,18-,22-,29?/m1/s1. The summed E-state index contributed by atoms with van der Waals surface area (Å²) in [6, 6.07) is 7.48. The SMILES string of the molecule is C=CC1CC1(NC(=O)[C@H]1C[C@@H](Oc2ccnc(On3nnc4ccccc43)n2)CN1C(=O)OC(C)(C)C)C(=O)NS(=O)(=O)C1CC1. The molecule has 2 saturated carbocycles. The van der Waals surface area contributed by atoms with Gasteiger partial charge >= 0.3 is 12.1 Å². The van der Waals surface area contributed by atoms with Crippen molar-refractivity contribution in [1.29, 1.82) is 0 Å². The summed E-state index contributed by atoms with van der Waals surface area (Å²) < 4.78 is 38.7. The van der Waals surface area contributed by atoms with Crippen molar-refractivity contribution in [3.8, 4) is 11.9 Å². The van der Waals surface area contributed by atoms with Gasteiger partial charge in [0.05, 0.1) is 11.8 Å². The van der Waals surface area contributed by atoms with E-state index >= 15 is 0 Å². The average molecular weight is 655 g/mol. The third-order valence-electron chi connectivity index (χ3n) is 7.83. The van der Waals surface area contributed by atoms with Gasteiger partial charge in [0, 0.05) is 24.6 Å². The predicted octanol–water partition coefficient (Wildman–Crippen LogP) is 1.49. The molecule has 2 aromatic heterocycles. The Morgan fingerprint density at radius 2 is 1.91 bits per heavy atom. The number of likely N-dealkylation sites (tertiary alicyclic amines) is 1. The van der Waals surface area contributed by atoms with E-state index in [0.717, 1.165) is 0 Å². The fourth-order valence-corrected chi connectivity index (χ4v) is 6.63. The topological polar surface area (TPSA) is 197 Å². The van der Waals surface area contributed by atoms with Crippen molar-refractivity contribution in [1.82, 2.24) is 40.1 Å². The van der Waals surface area contributed by atoms with Gasteiger partial charge in [0.15, 0.2) is 0 Å². The summed E-state index contributed by atoms with van der Waals surface area (Å²) in [6.45, 7) is 8.77. The normalized spacial score (nSPS) is 24.2. The highest BCUT2D eigenvalue weighted by molar-refractivity contribution is 7.91. The predicted molar refractivity (Wildman–Crippen MR) is 161 cm³/mol. The third kappa shape index (κ3) is 6.45. The van der Waals surface area contributed by atoms with Crippen molar-refractivity contribution < 1.29 is 37.1 Å². The molecule has 4 atom stereocenters. The highest BCUT2D eigenvalue weighted by Crippen LogP contribution is 2.45. The molecule has 3 amide bonds. The molecule has 46 heavy (non-hydrogen) atoms. The van der Waals surface area contributed by atoms with E-state index in [0.29, 0.717) is 23.9 Å². The van der Waals surface area contributed by atoms with Crippen LogP contribution in [0.25, 0.3) is 11.0 Å². The number of hydrogen-bond acceptors (Lipinski definition) is 12. The van der Waals surface area contributed by atoms with Gasteiger partial charge in [0.25, 0.3) is 5.91 Å². The van der Waals surface area contributed by atoms with Gasteiger partial charge in [0.1, 0.15) is 34.3 Å². The maximum atomic E-state index is 13.8. The Bertz CT molecular complexity index is 1800. The second-order valence-electron chi connectivity index (χ2n) is 12.5. The van der Waals surface area contributed by atoms with Crippen molar-refractivity contribution in [2.24, 2.45) is 5.92 Å². The molecule has 3 aliphatic rings. The van der Waals surface area contributed by atoms with Crippen LogP contribution in [0.2, 0.25) is 0 Å². The number of rotatable bonds is 10. The second kappa shape index (κ2) is 11.5. The average Bonchev–Trinajstić information content (AvgIpc) is 3.89. The Morgan fingerprint density at radius 3 is 2.61 bits per heavy atom. The largest absolute Gasteiger partial charge is 0.472 e. The van der Waals surface area contributed by atoms with E-state index in [4.69, 9.17) is 14.3 Å². The molecule has 0 radical (unpaired) electrons. The number of para-hydroxylation sites is 1. The molecular weight excluding hydrogens is 620 g/mol. The van der Waals surface area contributed by atoms with Crippen LogP contribution in [0.1, 0.15) is 46.5 Å². The van der Waals surface area contributed by atoms with Crippen molar-refractivity contribution in [3.63, 3.8) is 0 Å². The van der Waals surface area contributed by atoms with E-state index < -0.39 is 62.4 Å². The van der Waals surface area contributed by atoms with Gasteiger partial charge in [-0.1, -0.05) is 23.1 Å². The molecule has 1 saturated heterocycles. The van der Waals surface area contributed by atoms with Crippen LogP contribution in [-0.2, 0) is 24.3 Å². The summed E-state index contributed by atoms with van der Waals surface area (Å²) in [7, 11) is -3.86. The first kappa shape index (κ1) is 31.2. The number of fused-ring (bicyclic) bond motifs is 1. The maximum absolute atomic E-state index is 13.8. The summed E-state index contributed by atoms with van der Waals surface area (Å²) in [4.78, 5) is 56.7. The summed E-state index contributed by atoms with van der Waals surface area (Å²) in [5.41, 5.74) is -1.16. The number of carbonyl (C=O) groups is 3. The molecule has 1 aliphatic heterocycles. The van der Waals surface area contributed by atoms with Crippen molar-refractivity contribution in [2.75, 3.05) is 6.54 Å². The van der Waals surface area contributed by atoms with Crippen LogP contribution in [0.15, 0.2) is 49.2 Å². The van der Waals surface area contributed by atoms with Crippen LogP contribution in [0.4, 0.5) is 4.79 Å². The number of hydrogen-bond donors (Lipinski definition) is 2. The third-order valence-corrected chi connectivity index (χ3v) is 9.65. The lowest BCUT2D eigenvalue weighted by atomic mass is 10.1. The Morgan fingerprint density at radius 1 is 1.15 bits per heavy atom. The van der Waals surface area contributed by atoms with E-state index in [9.17, 15) is 22.8 Å². The van der Waals surface area contributed by atoms with Crippen LogP contribution >= 0.6 is 0 Å². The van der Waals surface area contributed by atoms with Crippen LogP contribution in [-0.4, -0.2) is 91.4 Å². The minimum absolute atomic E-state index is 0.0236. The molecule has 17 heteroatoms. The molecule has 2 N–H and O–H groups in total. The monoisotopic (exact) mass is 654 g/mol. The molecular formula is C29H34N8O8S. The molecule has 2 aliphatic carbocycles. The highest BCUT2D eigenvalue weighted by Gasteiger charge is 2.62. The highest BCUT2D eigenvalue weighted by atomic mass is 32.2. The molecule has 16 nitrogen and oxygen atoms in total. The molecule has 2 unspecified atom stereocenters. The maximum Gasteiger partial charge on any atom is 0.411 e. The first-order valence-electron chi connectivity index (χ1n) is 14.8. The van der Waals surface area contributed by atoms with Crippen LogP contribution in [0.3, 0.4) is 0 Å². The first-order chi connectivity index (χ1) is 21.8. The van der Waals surface area contributed by atoms with Crippen LogP contribution < -0.4 is 19.6 Å². The second-order valence-corrected chi connectivity index (χ2v) is 14.5. The van der Waals surface area contributed by atoms with Crippen molar-refractivity contribution in [3.05, 3.63) is 49.2 Å². The van der Waals surface area contributed by atoms with Crippen LogP contribution in [0.5, 0.6) is 11.9 Å². The van der Waals surface area contributed by atoms with Gasteiger partial charge in [-0.15, -0.1) is 11.7 Å². The number of ether oxygens (including phenoxy) is 2. The lowest BCUT2D eigenvalue weighted by Gasteiger charge is -2.29. The zero-order valence-corrected chi connectivity index (χ0v) is 26.3. The van der Waals surface area contributed by atoms with Gasteiger partial charge in [-0.05, 0) is 57.4 Å². The Labute approximate surface area is 264 Å². The number of amides is 3. The molecule has 3 heterocycles. The van der Waals surface area contributed by atoms with E-state index in [-0.39, 0.29) is 31.3 Å². The summed E-state index contributed by atoms with van der Waals surface area (Å²) in [6.07, 6.45) is 2.57. The Kier molecular flexibility index (Phi) is 7.82. The van der Waals surface area contributed by atoms with E-state index in [1.807, 2.05) is 6.07 Å². The fourth-order valence-electron chi connectivity index (χ4n) is 5.27.